The van der Waals surface area contributed by atoms with E-state index in [0.717, 1.165) is 0 Å². The van der Waals surface area contributed by atoms with Gasteiger partial charge in [-0.2, -0.15) is 0 Å². The summed E-state index contributed by atoms with van der Waals surface area (Å²) in [6, 6.07) is 0. The van der Waals surface area contributed by atoms with E-state index in [4.69, 9.17) is 11.6 Å². The predicted molar refractivity (Wildman–Crippen MR) is 62.7 cm³/mol. The molecule has 1 aromatic rings. The van der Waals surface area contributed by atoms with Crippen molar-refractivity contribution in [3.63, 3.8) is 0 Å². The summed E-state index contributed by atoms with van der Waals surface area (Å²) < 4.78 is 0. The maximum absolute atomic E-state index is 11.9. The maximum atomic E-state index is 11.9. The lowest BCUT2D eigenvalue weighted by Gasteiger charge is -2.48. The van der Waals surface area contributed by atoms with Crippen molar-refractivity contribution in [2.75, 3.05) is 13.1 Å². The molecule has 0 aromatic carbocycles. The molecular formula is C11H14ClN3O2. The molecule has 1 amide bonds. The monoisotopic (exact) mass is 255 g/mol. The SMILES string of the molecule is CC(C)C1(O)CN(C(=O)c2cncc(Cl)n2)C1. The van der Waals surface area contributed by atoms with Crippen molar-refractivity contribution in [1.29, 1.82) is 0 Å². The highest BCUT2D eigenvalue weighted by Gasteiger charge is 2.46. The number of β-amino-alcohol motifs (C(OH)–C–C–N with tert-alkyl or cyclic N) is 1. The Morgan fingerprint density at radius 1 is 1.53 bits per heavy atom. The fourth-order valence-electron chi connectivity index (χ4n) is 1.73. The van der Waals surface area contributed by atoms with Crippen molar-refractivity contribution in [3.8, 4) is 0 Å². The third-order valence-corrected chi connectivity index (χ3v) is 3.30. The molecule has 0 aliphatic carbocycles. The Balaban J connectivity index is 2.05. The Bertz CT molecular complexity index is 444. The Kier molecular flexibility index (Phi) is 3.05. The van der Waals surface area contributed by atoms with Gasteiger partial charge in [-0.25, -0.2) is 4.98 Å². The number of hydrogen-bond acceptors (Lipinski definition) is 4. The van der Waals surface area contributed by atoms with Gasteiger partial charge in [0.1, 0.15) is 16.4 Å². The number of carbonyl (C=O) groups excluding carboxylic acids is 1. The number of carbonyl (C=O) groups is 1. The molecule has 0 saturated carbocycles. The second-order valence-electron chi connectivity index (χ2n) is 4.65. The van der Waals surface area contributed by atoms with Gasteiger partial charge in [0.25, 0.3) is 5.91 Å². The van der Waals surface area contributed by atoms with Crippen LogP contribution in [0.2, 0.25) is 5.15 Å². The summed E-state index contributed by atoms with van der Waals surface area (Å²) in [6.07, 6.45) is 2.75. The maximum Gasteiger partial charge on any atom is 0.274 e. The molecule has 0 atom stereocenters. The predicted octanol–water partition coefficient (Wildman–Crippen LogP) is 0.973. The zero-order chi connectivity index (χ0) is 12.6. The Morgan fingerprint density at radius 3 is 2.71 bits per heavy atom. The van der Waals surface area contributed by atoms with Crippen LogP contribution in [0.5, 0.6) is 0 Å². The van der Waals surface area contributed by atoms with Gasteiger partial charge >= 0.3 is 0 Å². The molecule has 1 fully saturated rings. The lowest BCUT2D eigenvalue weighted by atomic mass is 9.83. The van der Waals surface area contributed by atoms with Crippen LogP contribution in [0, 0.1) is 5.92 Å². The standard InChI is InChI=1S/C11H14ClN3O2/c1-7(2)11(17)5-15(6-11)10(16)8-3-13-4-9(12)14-8/h3-4,7,17H,5-6H2,1-2H3. The van der Waals surface area contributed by atoms with Crippen LogP contribution in [0.3, 0.4) is 0 Å². The number of aromatic nitrogens is 2. The van der Waals surface area contributed by atoms with E-state index in [2.05, 4.69) is 9.97 Å². The summed E-state index contributed by atoms with van der Waals surface area (Å²) in [7, 11) is 0. The van der Waals surface area contributed by atoms with Crippen LogP contribution in [-0.4, -0.2) is 44.6 Å². The number of aliphatic hydroxyl groups is 1. The van der Waals surface area contributed by atoms with Gasteiger partial charge in [0.05, 0.1) is 25.5 Å². The average molecular weight is 256 g/mol. The van der Waals surface area contributed by atoms with Crippen LogP contribution in [0.25, 0.3) is 0 Å². The van der Waals surface area contributed by atoms with Gasteiger partial charge in [-0.1, -0.05) is 25.4 Å². The van der Waals surface area contributed by atoms with E-state index in [9.17, 15) is 9.90 Å². The van der Waals surface area contributed by atoms with Crippen LogP contribution >= 0.6 is 11.6 Å². The van der Waals surface area contributed by atoms with Crippen molar-refractivity contribution in [2.24, 2.45) is 5.92 Å². The molecule has 2 heterocycles. The molecule has 1 saturated heterocycles. The molecule has 5 nitrogen and oxygen atoms in total. The fraction of sp³-hybridized carbons (Fsp3) is 0.545. The largest absolute Gasteiger partial charge is 0.386 e. The number of amides is 1. The van der Waals surface area contributed by atoms with Gasteiger partial charge in [0, 0.05) is 0 Å². The molecule has 17 heavy (non-hydrogen) atoms. The van der Waals surface area contributed by atoms with E-state index in [1.165, 1.54) is 12.4 Å². The second-order valence-corrected chi connectivity index (χ2v) is 5.03. The van der Waals surface area contributed by atoms with E-state index < -0.39 is 5.60 Å². The minimum atomic E-state index is -0.776. The first kappa shape index (κ1) is 12.3. The third kappa shape index (κ3) is 2.25. The van der Waals surface area contributed by atoms with Crippen molar-refractivity contribution in [1.82, 2.24) is 14.9 Å². The van der Waals surface area contributed by atoms with Crippen molar-refractivity contribution in [2.45, 2.75) is 19.4 Å². The van der Waals surface area contributed by atoms with Crippen LogP contribution in [0.4, 0.5) is 0 Å². The Hall–Kier alpha value is -1.20. The Labute approximate surface area is 104 Å². The molecule has 1 N–H and O–H groups in total. The van der Waals surface area contributed by atoms with Crippen LogP contribution in [0.1, 0.15) is 24.3 Å². The molecule has 1 aromatic heterocycles. The quantitative estimate of drug-likeness (QED) is 0.855. The minimum absolute atomic E-state index is 0.122. The fourth-order valence-corrected chi connectivity index (χ4v) is 1.88. The molecule has 92 valence electrons. The highest BCUT2D eigenvalue weighted by atomic mass is 35.5. The van der Waals surface area contributed by atoms with Gasteiger partial charge < -0.3 is 10.0 Å². The molecule has 1 aliphatic heterocycles. The van der Waals surface area contributed by atoms with Crippen LogP contribution < -0.4 is 0 Å². The van der Waals surface area contributed by atoms with Gasteiger partial charge in [-0.05, 0) is 5.92 Å². The molecule has 2 rings (SSSR count). The molecule has 0 radical (unpaired) electrons. The molecule has 6 heteroatoms. The van der Waals surface area contributed by atoms with Crippen LogP contribution in [-0.2, 0) is 0 Å². The minimum Gasteiger partial charge on any atom is -0.386 e. The van der Waals surface area contributed by atoms with E-state index in [0.29, 0.717) is 13.1 Å². The van der Waals surface area contributed by atoms with Crippen molar-refractivity contribution < 1.29 is 9.90 Å². The summed E-state index contributed by atoms with van der Waals surface area (Å²) >= 11 is 5.67. The zero-order valence-electron chi connectivity index (χ0n) is 9.72. The lowest BCUT2D eigenvalue weighted by molar-refractivity contribution is -0.111. The smallest absolute Gasteiger partial charge is 0.274 e. The van der Waals surface area contributed by atoms with Crippen LogP contribution in [0.15, 0.2) is 12.4 Å². The third-order valence-electron chi connectivity index (χ3n) is 3.12. The first-order valence-corrected chi connectivity index (χ1v) is 5.79. The number of likely N-dealkylation sites (tertiary alicyclic amines) is 1. The topological polar surface area (TPSA) is 66.3 Å². The average Bonchev–Trinajstić information content (AvgIpc) is 2.23. The van der Waals surface area contributed by atoms with Gasteiger partial charge in [0.2, 0.25) is 0 Å². The van der Waals surface area contributed by atoms with E-state index in [-0.39, 0.29) is 22.7 Å². The lowest BCUT2D eigenvalue weighted by Crippen LogP contribution is -2.66. The summed E-state index contributed by atoms with van der Waals surface area (Å²) in [5, 5.41) is 10.2. The van der Waals surface area contributed by atoms with Gasteiger partial charge in [-0.15, -0.1) is 0 Å². The molecule has 0 unspecified atom stereocenters. The molecule has 1 aliphatic rings. The van der Waals surface area contributed by atoms with Gasteiger partial charge in [0.15, 0.2) is 0 Å². The molecule has 0 spiro atoms. The molecular weight excluding hydrogens is 242 g/mol. The number of halogens is 1. The second kappa shape index (κ2) is 4.23. The van der Waals surface area contributed by atoms with Crippen molar-refractivity contribution in [3.05, 3.63) is 23.2 Å². The van der Waals surface area contributed by atoms with Gasteiger partial charge in [-0.3, -0.25) is 9.78 Å². The Morgan fingerprint density at radius 2 is 2.18 bits per heavy atom. The molecule has 0 bridgehead atoms. The summed E-state index contributed by atoms with van der Waals surface area (Å²) in [5.41, 5.74) is -0.565. The number of hydrogen-bond donors (Lipinski definition) is 1. The first-order chi connectivity index (χ1) is 7.92. The van der Waals surface area contributed by atoms with E-state index in [1.54, 1.807) is 4.90 Å². The highest BCUT2D eigenvalue weighted by Crippen LogP contribution is 2.29. The van der Waals surface area contributed by atoms with E-state index >= 15 is 0 Å². The summed E-state index contributed by atoms with van der Waals surface area (Å²) in [6.45, 7) is 4.53. The van der Waals surface area contributed by atoms with E-state index in [1.807, 2.05) is 13.8 Å². The summed E-state index contributed by atoms with van der Waals surface area (Å²) in [4.78, 5) is 21.2. The highest BCUT2D eigenvalue weighted by molar-refractivity contribution is 6.29. The zero-order valence-corrected chi connectivity index (χ0v) is 10.5. The number of rotatable bonds is 2. The summed E-state index contributed by atoms with van der Waals surface area (Å²) in [5.74, 6) is -0.123. The van der Waals surface area contributed by atoms with Crippen molar-refractivity contribution >= 4 is 17.5 Å². The normalized spacial score (nSPS) is 18.1. The number of nitrogens with zero attached hydrogens (tertiary/aromatic N) is 3. The first-order valence-electron chi connectivity index (χ1n) is 5.41.